The summed E-state index contributed by atoms with van der Waals surface area (Å²) in [7, 11) is 0. The van der Waals surface area contributed by atoms with E-state index in [4.69, 9.17) is 0 Å². The Morgan fingerprint density at radius 2 is 1.68 bits per heavy atom. The third-order valence-corrected chi connectivity index (χ3v) is 5.02. The largest absolute Gasteiger partial charge is 0.508 e. The smallest absolute Gasteiger partial charge is 0.280 e. The van der Waals surface area contributed by atoms with Gasteiger partial charge in [0.2, 0.25) is 0 Å². The Kier molecular flexibility index (Phi) is 4.52. The molecule has 2 heterocycles. The molecular weight excluding hydrogens is 278 g/mol. The van der Waals surface area contributed by atoms with Crippen molar-refractivity contribution in [3.63, 3.8) is 0 Å². The molecule has 0 unspecified atom stereocenters. The second kappa shape index (κ2) is 6.57. The van der Waals surface area contributed by atoms with Gasteiger partial charge in [-0.1, -0.05) is 0 Å². The summed E-state index contributed by atoms with van der Waals surface area (Å²) in [5, 5.41) is 9.37. The Morgan fingerprint density at radius 1 is 1.09 bits per heavy atom. The molecule has 1 aromatic rings. The summed E-state index contributed by atoms with van der Waals surface area (Å²) in [6, 6.07) is 7.44. The number of phenolic OH excluding ortho intramolecular Hbond substituents is 1. The van der Waals surface area contributed by atoms with E-state index in [1.807, 2.05) is 17.0 Å². The van der Waals surface area contributed by atoms with E-state index in [0.29, 0.717) is 11.7 Å². The van der Waals surface area contributed by atoms with Gasteiger partial charge < -0.3 is 19.8 Å². The van der Waals surface area contributed by atoms with E-state index in [1.54, 1.807) is 12.1 Å². The van der Waals surface area contributed by atoms with Crippen LogP contribution in [0.2, 0.25) is 0 Å². The number of hydrogen-bond acceptors (Lipinski definition) is 3. The maximum absolute atomic E-state index is 12.5. The highest BCUT2D eigenvalue weighted by Gasteiger charge is 2.32. The fourth-order valence-corrected chi connectivity index (χ4v) is 3.53. The van der Waals surface area contributed by atoms with Gasteiger partial charge >= 0.3 is 0 Å². The molecule has 5 heteroatoms. The minimum Gasteiger partial charge on any atom is -0.508 e. The fraction of sp³-hybridized carbons (Fsp3) is 0.588. The number of nitrogens with one attached hydrogen (secondary N) is 1. The summed E-state index contributed by atoms with van der Waals surface area (Å²) in [5.74, 6) is 0.628. The Morgan fingerprint density at radius 3 is 2.27 bits per heavy atom. The minimum atomic E-state index is 0.0695. The van der Waals surface area contributed by atoms with Gasteiger partial charge in [-0.25, -0.2) is 0 Å². The van der Waals surface area contributed by atoms with Crippen molar-refractivity contribution >= 4 is 11.6 Å². The predicted octanol–water partition coefficient (Wildman–Crippen LogP) is 0.108. The van der Waals surface area contributed by atoms with Crippen molar-refractivity contribution in [2.45, 2.75) is 25.8 Å². The summed E-state index contributed by atoms with van der Waals surface area (Å²) in [6.07, 6.45) is 2.31. The van der Waals surface area contributed by atoms with Crippen LogP contribution < -0.4 is 9.80 Å². The Balaban J connectivity index is 1.54. The van der Waals surface area contributed by atoms with Gasteiger partial charge in [0.25, 0.3) is 5.91 Å². The monoisotopic (exact) mass is 304 g/mol. The summed E-state index contributed by atoms with van der Waals surface area (Å²) >= 11 is 0. The topological polar surface area (TPSA) is 48.2 Å². The molecule has 0 saturated carbocycles. The summed E-state index contributed by atoms with van der Waals surface area (Å²) in [5.41, 5.74) is 1.15. The fourth-order valence-electron chi connectivity index (χ4n) is 3.53. The first-order valence-electron chi connectivity index (χ1n) is 8.32. The van der Waals surface area contributed by atoms with E-state index in [2.05, 4.69) is 11.8 Å². The summed E-state index contributed by atoms with van der Waals surface area (Å²) in [4.78, 5) is 18.3. The highest BCUT2D eigenvalue weighted by atomic mass is 16.3. The molecule has 1 atom stereocenters. The lowest BCUT2D eigenvalue weighted by Gasteiger charge is -2.36. The number of piperazine rings is 1. The van der Waals surface area contributed by atoms with Crippen molar-refractivity contribution in [3.8, 4) is 5.75 Å². The van der Waals surface area contributed by atoms with E-state index >= 15 is 0 Å². The standard InChI is InChI=1S/C17H25N3O2/c1-14(17(22)20-8-2-3-9-20)18-10-12-19(13-11-18)15-4-6-16(21)7-5-15/h4-7,14,21H,2-3,8-13H2,1H3/p+1/t14-/m0/s1. The third-order valence-electron chi connectivity index (χ3n) is 5.02. The van der Waals surface area contributed by atoms with Gasteiger partial charge in [0, 0.05) is 18.8 Å². The summed E-state index contributed by atoms with van der Waals surface area (Å²) < 4.78 is 0. The van der Waals surface area contributed by atoms with Gasteiger partial charge in [-0.3, -0.25) is 4.79 Å². The molecule has 2 N–H and O–H groups in total. The maximum Gasteiger partial charge on any atom is 0.280 e. The van der Waals surface area contributed by atoms with Crippen molar-refractivity contribution in [2.24, 2.45) is 0 Å². The summed E-state index contributed by atoms with van der Waals surface area (Å²) in [6.45, 7) is 7.84. The van der Waals surface area contributed by atoms with E-state index in [0.717, 1.165) is 57.8 Å². The Labute approximate surface area is 132 Å². The van der Waals surface area contributed by atoms with E-state index < -0.39 is 0 Å². The molecule has 0 aromatic heterocycles. The first kappa shape index (κ1) is 15.2. The maximum atomic E-state index is 12.5. The number of rotatable bonds is 3. The van der Waals surface area contributed by atoms with Crippen LogP contribution in [0.1, 0.15) is 19.8 Å². The van der Waals surface area contributed by atoms with Gasteiger partial charge in [-0.05, 0) is 44.0 Å². The van der Waals surface area contributed by atoms with Gasteiger partial charge in [-0.15, -0.1) is 0 Å². The lowest BCUT2D eigenvalue weighted by molar-refractivity contribution is -0.915. The number of hydrogen-bond donors (Lipinski definition) is 2. The van der Waals surface area contributed by atoms with Crippen LogP contribution in [0.25, 0.3) is 0 Å². The molecular formula is C17H26N3O2+. The van der Waals surface area contributed by atoms with Crippen molar-refractivity contribution in [2.75, 3.05) is 44.2 Å². The number of anilines is 1. The normalized spacial score (nSPS) is 21.1. The van der Waals surface area contributed by atoms with Crippen LogP contribution in [0, 0.1) is 0 Å². The molecule has 120 valence electrons. The highest BCUT2D eigenvalue weighted by Crippen LogP contribution is 2.18. The lowest BCUT2D eigenvalue weighted by atomic mass is 10.2. The molecule has 0 aliphatic carbocycles. The number of benzene rings is 1. The van der Waals surface area contributed by atoms with E-state index in [-0.39, 0.29) is 6.04 Å². The number of phenols is 1. The van der Waals surface area contributed by atoms with Crippen LogP contribution in [-0.4, -0.2) is 61.2 Å². The number of aromatic hydroxyl groups is 1. The second-order valence-corrected chi connectivity index (χ2v) is 6.42. The van der Waals surface area contributed by atoms with E-state index in [1.165, 1.54) is 4.90 Å². The number of carbonyl (C=O) groups is 1. The average Bonchev–Trinajstić information content (AvgIpc) is 3.09. The zero-order chi connectivity index (χ0) is 15.5. The Hall–Kier alpha value is -1.75. The van der Waals surface area contributed by atoms with Crippen LogP contribution in [0.15, 0.2) is 24.3 Å². The van der Waals surface area contributed by atoms with Crippen LogP contribution in [0.4, 0.5) is 5.69 Å². The zero-order valence-corrected chi connectivity index (χ0v) is 13.3. The number of nitrogens with zero attached hydrogens (tertiary/aromatic N) is 2. The van der Waals surface area contributed by atoms with Crippen molar-refractivity contribution in [3.05, 3.63) is 24.3 Å². The zero-order valence-electron chi connectivity index (χ0n) is 13.3. The molecule has 0 spiro atoms. The van der Waals surface area contributed by atoms with Crippen molar-refractivity contribution in [1.82, 2.24) is 4.90 Å². The molecule has 3 rings (SSSR count). The van der Waals surface area contributed by atoms with Crippen molar-refractivity contribution < 1.29 is 14.8 Å². The molecule has 2 fully saturated rings. The van der Waals surface area contributed by atoms with Crippen LogP contribution in [-0.2, 0) is 4.79 Å². The second-order valence-electron chi connectivity index (χ2n) is 6.42. The molecule has 0 bridgehead atoms. The molecule has 2 saturated heterocycles. The number of quaternary nitrogens is 1. The molecule has 22 heavy (non-hydrogen) atoms. The quantitative estimate of drug-likeness (QED) is 0.833. The lowest BCUT2D eigenvalue weighted by Crippen LogP contribution is -3.19. The van der Waals surface area contributed by atoms with Crippen molar-refractivity contribution in [1.29, 1.82) is 0 Å². The molecule has 5 nitrogen and oxygen atoms in total. The van der Waals surface area contributed by atoms with Crippen LogP contribution >= 0.6 is 0 Å². The molecule has 1 amide bonds. The third kappa shape index (κ3) is 3.19. The number of likely N-dealkylation sites (tertiary alicyclic amines) is 1. The van der Waals surface area contributed by atoms with Crippen LogP contribution in [0.3, 0.4) is 0 Å². The van der Waals surface area contributed by atoms with E-state index in [9.17, 15) is 9.90 Å². The van der Waals surface area contributed by atoms with Gasteiger partial charge in [0.1, 0.15) is 5.75 Å². The van der Waals surface area contributed by atoms with Gasteiger partial charge in [0.15, 0.2) is 6.04 Å². The molecule has 2 aliphatic heterocycles. The van der Waals surface area contributed by atoms with Crippen LogP contribution in [0.5, 0.6) is 5.75 Å². The highest BCUT2D eigenvalue weighted by molar-refractivity contribution is 5.80. The molecule has 2 aliphatic rings. The average molecular weight is 304 g/mol. The predicted molar refractivity (Wildman–Crippen MR) is 86.3 cm³/mol. The molecule has 0 radical (unpaired) electrons. The van der Waals surface area contributed by atoms with Gasteiger partial charge in [-0.2, -0.15) is 0 Å². The first-order valence-corrected chi connectivity index (χ1v) is 8.32. The number of amides is 1. The van der Waals surface area contributed by atoms with Gasteiger partial charge in [0.05, 0.1) is 26.2 Å². The number of carbonyl (C=O) groups excluding carboxylic acids is 1. The Bertz CT molecular complexity index is 503. The SMILES string of the molecule is C[C@@H](C(=O)N1CCCC1)[NH+]1CCN(c2ccc(O)cc2)CC1. The molecule has 1 aromatic carbocycles. The minimum absolute atomic E-state index is 0.0695. The first-order chi connectivity index (χ1) is 10.6.